The summed E-state index contributed by atoms with van der Waals surface area (Å²) in [6.45, 7) is 13.7. The molecule has 0 bridgehead atoms. The highest BCUT2D eigenvalue weighted by Gasteiger charge is 2.21. The van der Waals surface area contributed by atoms with Crippen LogP contribution in [0.4, 0.5) is 0 Å². The summed E-state index contributed by atoms with van der Waals surface area (Å²) in [6, 6.07) is 0.726. The second-order valence-electron chi connectivity index (χ2n) is 5.23. The van der Waals surface area contributed by atoms with E-state index in [9.17, 15) is 0 Å². The van der Waals surface area contributed by atoms with Crippen molar-refractivity contribution < 1.29 is 4.74 Å². The number of hydrogen-bond acceptors (Lipinski definition) is 4. The van der Waals surface area contributed by atoms with Crippen molar-refractivity contribution in [1.82, 2.24) is 15.1 Å². The summed E-state index contributed by atoms with van der Waals surface area (Å²) in [7, 11) is 1.75. The standard InChI is InChI=1S/C14H31N3O/c1-4-17-11-10-16(13-14(17)2)9-6-5-7-15-8-12-18-3/h14-15H,4-13H2,1-3H3. The molecule has 0 amide bonds. The molecule has 1 N–H and O–H groups in total. The third kappa shape index (κ3) is 6.14. The molecular weight excluding hydrogens is 226 g/mol. The monoisotopic (exact) mass is 257 g/mol. The normalized spacial score (nSPS) is 22.5. The molecule has 0 saturated carbocycles. The number of ether oxygens (including phenoxy) is 1. The summed E-state index contributed by atoms with van der Waals surface area (Å²) in [6.07, 6.45) is 2.57. The molecule has 108 valence electrons. The number of methoxy groups -OCH3 is 1. The van der Waals surface area contributed by atoms with Gasteiger partial charge in [-0.25, -0.2) is 0 Å². The van der Waals surface area contributed by atoms with E-state index in [2.05, 4.69) is 29.0 Å². The first-order valence-electron chi connectivity index (χ1n) is 7.44. The Morgan fingerprint density at radius 1 is 1.22 bits per heavy atom. The van der Waals surface area contributed by atoms with E-state index in [4.69, 9.17) is 4.74 Å². The Morgan fingerprint density at radius 2 is 2.06 bits per heavy atom. The fourth-order valence-corrected chi connectivity index (χ4v) is 2.63. The Labute approximate surface area is 113 Å². The van der Waals surface area contributed by atoms with Crippen molar-refractivity contribution in [3.63, 3.8) is 0 Å². The molecule has 18 heavy (non-hydrogen) atoms. The van der Waals surface area contributed by atoms with Crippen LogP contribution in [0.15, 0.2) is 0 Å². The van der Waals surface area contributed by atoms with E-state index in [1.165, 1.54) is 45.6 Å². The van der Waals surface area contributed by atoms with Gasteiger partial charge in [-0.15, -0.1) is 0 Å². The highest BCUT2D eigenvalue weighted by atomic mass is 16.5. The Balaban J connectivity index is 1.97. The van der Waals surface area contributed by atoms with Crippen LogP contribution >= 0.6 is 0 Å². The number of nitrogens with zero attached hydrogens (tertiary/aromatic N) is 2. The van der Waals surface area contributed by atoms with Gasteiger partial charge in [0.1, 0.15) is 0 Å². The fourth-order valence-electron chi connectivity index (χ4n) is 2.63. The van der Waals surface area contributed by atoms with Gasteiger partial charge in [-0.3, -0.25) is 4.90 Å². The van der Waals surface area contributed by atoms with Gasteiger partial charge in [0.05, 0.1) is 6.61 Å². The average Bonchev–Trinajstić information content (AvgIpc) is 2.38. The Bertz CT molecular complexity index is 201. The van der Waals surface area contributed by atoms with Crippen molar-refractivity contribution in [2.24, 2.45) is 0 Å². The van der Waals surface area contributed by atoms with Gasteiger partial charge >= 0.3 is 0 Å². The molecule has 1 aliphatic heterocycles. The first-order valence-corrected chi connectivity index (χ1v) is 7.44. The number of piperazine rings is 1. The van der Waals surface area contributed by atoms with Crippen LogP contribution in [0.2, 0.25) is 0 Å². The predicted octanol–water partition coefficient (Wildman–Crippen LogP) is 1.03. The second-order valence-corrected chi connectivity index (χ2v) is 5.23. The first kappa shape index (κ1) is 15.9. The number of rotatable bonds is 9. The van der Waals surface area contributed by atoms with E-state index in [1.54, 1.807) is 7.11 Å². The first-order chi connectivity index (χ1) is 8.77. The molecule has 1 rings (SSSR count). The maximum atomic E-state index is 5.00. The lowest BCUT2D eigenvalue weighted by Gasteiger charge is -2.39. The van der Waals surface area contributed by atoms with Crippen molar-refractivity contribution in [1.29, 1.82) is 0 Å². The van der Waals surface area contributed by atoms with Crippen LogP contribution in [-0.4, -0.2) is 75.4 Å². The zero-order valence-corrected chi connectivity index (χ0v) is 12.5. The van der Waals surface area contributed by atoms with E-state index in [0.29, 0.717) is 0 Å². The van der Waals surface area contributed by atoms with E-state index in [0.717, 1.165) is 25.7 Å². The Hall–Kier alpha value is -0.160. The SMILES string of the molecule is CCN1CCN(CCCCNCCOC)CC1C. The molecule has 0 aromatic heterocycles. The molecule has 1 aliphatic rings. The van der Waals surface area contributed by atoms with Crippen molar-refractivity contribution in [3.8, 4) is 0 Å². The van der Waals surface area contributed by atoms with Gasteiger partial charge in [0.15, 0.2) is 0 Å². The van der Waals surface area contributed by atoms with Gasteiger partial charge in [0.25, 0.3) is 0 Å². The van der Waals surface area contributed by atoms with Crippen LogP contribution in [0.1, 0.15) is 26.7 Å². The smallest absolute Gasteiger partial charge is 0.0587 e. The minimum Gasteiger partial charge on any atom is -0.383 e. The number of unbranched alkanes of at least 4 members (excludes halogenated alkanes) is 1. The summed E-state index contributed by atoms with van der Waals surface area (Å²) in [5.41, 5.74) is 0. The molecule has 0 aromatic rings. The van der Waals surface area contributed by atoms with Gasteiger partial charge in [-0.05, 0) is 39.4 Å². The van der Waals surface area contributed by atoms with Crippen molar-refractivity contribution in [2.75, 3.05) is 59.5 Å². The molecule has 0 spiro atoms. The molecule has 0 radical (unpaired) electrons. The lowest BCUT2D eigenvalue weighted by atomic mass is 10.1. The van der Waals surface area contributed by atoms with E-state index in [-0.39, 0.29) is 0 Å². The van der Waals surface area contributed by atoms with Gasteiger partial charge < -0.3 is 15.0 Å². The van der Waals surface area contributed by atoms with Gasteiger partial charge in [0.2, 0.25) is 0 Å². The van der Waals surface area contributed by atoms with Crippen LogP contribution < -0.4 is 5.32 Å². The summed E-state index contributed by atoms with van der Waals surface area (Å²) < 4.78 is 5.00. The quantitative estimate of drug-likeness (QED) is 0.624. The van der Waals surface area contributed by atoms with E-state index in [1.807, 2.05) is 0 Å². The molecule has 1 saturated heterocycles. The predicted molar refractivity (Wildman–Crippen MR) is 77.1 cm³/mol. The van der Waals surface area contributed by atoms with Crippen molar-refractivity contribution in [3.05, 3.63) is 0 Å². The summed E-state index contributed by atoms with van der Waals surface area (Å²) >= 11 is 0. The van der Waals surface area contributed by atoms with Crippen LogP contribution in [0.25, 0.3) is 0 Å². The maximum absolute atomic E-state index is 5.00. The molecule has 0 aliphatic carbocycles. The third-order valence-corrected chi connectivity index (χ3v) is 3.82. The van der Waals surface area contributed by atoms with Crippen LogP contribution in [-0.2, 0) is 4.74 Å². The minimum absolute atomic E-state index is 0.726. The minimum atomic E-state index is 0.726. The molecule has 4 heteroatoms. The lowest BCUT2D eigenvalue weighted by Crippen LogP contribution is -2.51. The molecule has 1 atom stereocenters. The zero-order valence-electron chi connectivity index (χ0n) is 12.5. The number of nitrogens with one attached hydrogen (secondary N) is 1. The summed E-state index contributed by atoms with van der Waals surface area (Å²) in [5, 5.41) is 3.40. The Morgan fingerprint density at radius 3 is 2.72 bits per heavy atom. The van der Waals surface area contributed by atoms with Crippen LogP contribution in [0, 0.1) is 0 Å². The Kier molecular flexibility index (Phi) is 8.59. The highest BCUT2D eigenvalue weighted by molar-refractivity contribution is 4.78. The molecule has 0 aromatic carbocycles. The van der Waals surface area contributed by atoms with Gasteiger partial charge in [-0.1, -0.05) is 6.92 Å². The lowest BCUT2D eigenvalue weighted by molar-refractivity contribution is 0.0870. The zero-order chi connectivity index (χ0) is 13.2. The summed E-state index contributed by atoms with van der Waals surface area (Å²) in [5.74, 6) is 0. The maximum Gasteiger partial charge on any atom is 0.0587 e. The molecule has 4 nitrogen and oxygen atoms in total. The van der Waals surface area contributed by atoms with Crippen molar-refractivity contribution >= 4 is 0 Å². The second kappa shape index (κ2) is 9.73. The highest BCUT2D eigenvalue weighted by Crippen LogP contribution is 2.09. The van der Waals surface area contributed by atoms with Gasteiger partial charge in [0, 0.05) is 39.3 Å². The molecule has 1 heterocycles. The molecule has 1 fully saturated rings. The van der Waals surface area contributed by atoms with Crippen molar-refractivity contribution in [2.45, 2.75) is 32.7 Å². The number of likely N-dealkylation sites (N-methyl/N-ethyl adjacent to an activating group) is 1. The largest absolute Gasteiger partial charge is 0.383 e. The average molecular weight is 257 g/mol. The summed E-state index contributed by atoms with van der Waals surface area (Å²) in [4.78, 5) is 5.19. The number of hydrogen-bond donors (Lipinski definition) is 1. The topological polar surface area (TPSA) is 27.7 Å². The van der Waals surface area contributed by atoms with E-state index < -0.39 is 0 Å². The molecular formula is C14H31N3O. The van der Waals surface area contributed by atoms with Crippen LogP contribution in [0.3, 0.4) is 0 Å². The molecule has 1 unspecified atom stereocenters. The fraction of sp³-hybridized carbons (Fsp3) is 1.00. The van der Waals surface area contributed by atoms with E-state index >= 15 is 0 Å². The van der Waals surface area contributed by atoms with Gasteiger partial charge in [-0.2, -0.15) is 0 Å². The van der Waals surface area contributed by atoms with Crippen LogP contribution in [0.5, 0.6) is 0 Å². The third-order valence-electron chi connectivity index (χ3n) is 3.82.